The number of anilines is 1. The Kier molecular flexibility index (Phi) is 5.83. The van der Waals surface area contributed by atoms with Gasteiger partial charge >= 0.3 is 0 Å². The molecule has 0 fully saturated rings. The minimum atomic E-state index is -0.857. The summed E-state index contributed by atoms with van der Waals surface area (Å²) in [5.41, 5.74) is 1.62. The fraction of sp³-hybridized carbons (Fsp3) is 0.238. The van der Waals surface area contributed by atoms with Crippen LogP contribution in [-0.2, 0) is 4.79 Å². The van der Waals surface area contributed by atoms with E-state index in [0.29, 0.717) is 22.7 Å². The summed E-state index contributed by atoms with van der Waals surface area (Å²) in [4.78, 5) is 16.1. The number of allylic oxidation sites excluding steroid dienone is 1. The van der Waals surface area contributed by atoms with Crippen LogP contribution in [0.1, 0.15) is 18.5 Å². The largest absolute Gasteiger partial charge is 0.495 e. The first-order valence-corrected chi connectivity index (χ1v) is 9.28. The van der Waals surface area contributed by atoms with Gasteiger partial charge < -0.3 is 15.0 Å². The maximum absolute atomic E-state index is 14.6. The number of methoxy groups -OCH3 is 1. The zero-order valence-electron chi connectivity index (χ0n) is 16.5. The Balaban J connectivity index is 2.22. The molecular formula is C21H21F2N3O2S. The molecule has 29 heavy (non-hydrogen) atoms. The van der Waals surface area contributed by atoms with E-state index in [2.05, 4.69) is 5.32 Å². The Hall–Kier alpha value is -3.00. The van der Waals surface area contributed by atoms with Crippen molar-refractivity contribution in [1.82, 2.24) is 10.2 Å². The molecule has 5 nitrogen and oxygen atoms in total. The first kappa shape index (κ1) is 20.7. The number of nitrogens with zero attached hydrogens (tertiary/aromatic N) is 2. The number of ether oxygens (including phenoxy) is 1. The van der Waals surface area contributed by atoms with Crippen LogP contribution in [0.2, 0.25) is 0 Å². The summed E-state index contributed by atoms with van der Waals surface area (Å²) < 4.78 is 33.4. The van der Waals surface area contributed by atoms with Gasteiger partial charge in [-0.1, -0.05) is 18.2 Å². The minimum absolute atomic E-state index is 0.137. The average molecular weight is 417 g/mol. The second kappa shape index (κ2) is 8.16. The summed E-state index contributed by atoms with van der Waals surface area (Å²) in [7, 11) is 4.77. The predicted molar refractivity (Wildman–Crippen MR) is 112 cm³/mol. The Labute approximate surface area is 173 Å². The summed E-state index contributed by atoms with van der Waals surface area (Å²) in [6.07, 6.45) is 0. The molecule has 0 radical (unpaired) electrons. The van der Waals surface area contributed by atoms with Gasteiger partial charge in [0.1, 0.15) is 17.4 Å². The van der Waals surface area contributed by atoms with Crippen molar-refractivity contribution in [2.24, 2.45) is 0 Å². The third kappa shape index (κ3) is 3.80. The molecule has 0 saturated carbocycles. The Morgan fingerprint density at radius 2 is 1.90 bits per heavy atom. The Morgan fingerprint density at radius 1 is 1.21 bits per heavy atom. The molecule has 0 saturated heterocycles. The van der Waals surface area contributed by atoms with Crippen LogP contribution in [0, 0.1) is 11.6 Å². The van der Waals surface area contributed by atoms with Gasteiger partial charge in [-0.2, -0.15) is 0 Å². The van der Waals surface area contributed by atoms with Gasteiger partial charge in [-0.05, 0) is 37.3 Å². The molecule has 1 unspecified atom stereocenters. The van der Waals surface area contributed by atoms with Gasteiger partial charge in [0, 0.05) is 31.4 Å². The quantitative estimate of drug-likeness (QED) is 0.768. The Morgan fingerprint density at radius 3 is 2.52 bits per heavy atom. The molecule has 1 aliphatic rings. The van der Waals surface area contributed by atoms with Crippen LogP contribution < -0.4 is 15.0 Å². The smallest absolute Gasteiger partial charge is 0.253 e. The second-order valence-corrected chi connectivity index (χ2v) is 7.14. The van der Waals surface area contributed by atoms with Crippen LogP contribution in [0.4, 0.5) is 14.5 Å². The van der Waals surface area contributed by atoms with E-state index >= 15 is 0 Å². The normalized spacial score (nSPS) is 16.6. The molecule has 8 heteroatoms. The average Bonchev–Trinajstić information content (AvgIpc) is 2.67. The molecule has 1 heterocycles. The highest BCUT2D eigenvalue weighted by Gasteiger charge is 2.37. The van der Waals surface area contributed by atoms with Crippen molar-refractivity contribution in [3.05, 3.63) is 70.9 Å². The van der Waals surface area contributed by atoms with Crippen LogP contribution >= 0.6 is 12.2 Å². The molecule has 2 aromatic rings. The molecule has 3 rings (SSSR count). The van der Waals surface area contributed by atoms with Gasteiger partial charge in [0.25, 0.3) is 5.91 Å². The zero-order valence-corrected chi connectivity index (χ0v) is 17.3. The van der Waals surface area contributed by atoms with Gasteiger partial charge in [-0.15, -0.1) is 0 Å². The molecule has 0 aromatic heterocycles. The molecular weight excluding hydrogens is 396 g/mol. The molecule has 1 aliphatic heterocycles. The third-order valence-electron chi connectivity index (χ3n) is 4.72. The standard InChI is InChI=1S/C21H21F2N3O2S/c1-12-18(20(27)25(2)3)19(14-10-9-13(22)11-15(14)23)24-21(29)26(12)16-7-5-6-8-17(16)28-4/h5-11,19H,1-4H3,(H,24,29). The number of carbonyl (C=O) groups excluding carboxylic acids is 1. The summed E-state index contributed by atoms with van der Waals surface area (Å²) in [6, 6.07) is 9.65. The maximum atomic E-state index is 14.6. The van der Waals surface area contributed by atoms with Crippen molar-refractivity contribution < 1.29 is 18.3 Å². The molecule has 1 amide bonds. The summed E-state index contributed by atoms with van der Waals surface area (Å²) in [5.74, 6) is -1.19. The van der Waals surface area contributed by atoms with Gasteiger partial charge in [0.15, 0.2) is 5.11 Å². The highest BCUT2D eigenvalue weighted by atomic mass is 32.1. The predicted octanol–water partition coefficient (Wildman–Crippen LogP) is 3.77. The monoisotopic (exact) mass is 417 g/mol. The van der Waals surface area contributed by atoms with Crippen LogP contribution in [-0.4, -0.2) is 37.1 Å². The van der Waals surface area contributed by atoms with Crippen LogP contribution in [0.25, 0.3) is 0 Å². The highest BCUT2D eigenvalue weighted by Crippen LogP contribution is 2.38. The molecule has 0 aliphatic carbocycles. The summed E-state index contributed by atoms with van der Waals surface area (Å²) in [5, 5.41) is 3.32. The number of thiocarbonyl (C=S) groups is 1. The number of likely N-dealkylation sites (N-methyl/N-ethyl adjacent to an activating group) is 1. The molecule has 0 bridgehead atoms. The van der Waals surface area contributed by atoms with Crippen molar-refractivity contribution in [2.45, 2.75) is 13.0 Å². The lowest BCUT2D eigenvalue weighted by Gasteiger charge is -2.39. The van der Waals surface area contributed by atoms with Gasteiger partial charge in [-0.3, -0.25) is 9.69 Å². The lowest BCUT2D eigenvalue weighted by atomic mass is 9.93. The van der Waals surface area contributed by atoms with Crippen molar-refractivity contribution in [3.63, 3.8) is 0 Å². The highest BCUT2D eigenvalue weighted by molar-refractivity contribution is 7.80. The Bertz CT molecular complexity index is 1010. The fourth-order valence-electron chi connectivity index (χ4n) is 3.33. The SMILES string of the molecule is COc1ccccc1N1C(=S)NC(c2ccc(F)cc2F)C(C(=O)N(C)C)=C1C. The minimum Gasteiger partial charge on any atom is -0.495 e. The van der Waals surface area contributed by atoms with Crippen molar-refractivity contribution in [3.8, 4) is 5.75 Å². The van der Waals surface area contributed by atoms with E-state index < -0.39 is 17.7 Å². The number of rotatable bonds is 4. The molecule has 0 spiro atoms. The molecule has 152 valence electrons. The van der Waals surface area contributed by atoms with E-state index in [1.54, 1.807) is 39.1 Å². The molecule has 1 N–H and O–H groups in total. The zero-order chi connectivity index (χ0) is 21.3. The van der Waals surface area contributed by atoms with E-state index in [0.717, 1.165) is 12.1 Å². The first-order valence-electron chi connectivity index (χ1n) is 8.87. The van der Waals surface area contributed by atoms with Crippen molar-refractivity contribution >= 4 is 28.9 Å². The summed E-state index contributed by atoms with van der Waals surface area (Å²) >= 11 is 5.55. The number of nitrogens with one attached hydrogen (secondary N) is 1. The number of benzene rings is 2. The van der Waals surface area contributed by atoms with Crippen molar-refractivity contribution in [1.29, 1.82) is 0 Å². The fourth-order valence-corrected chi connectivity index (χ4v) is 3.69. The number of hydrogen-bond donors (Lipinski definition) is 1. The second-order valence-electron chi connectivity index (χ2n) is 6.75. The number of hydrogen-bond acceptors (Lipinski definition) is 3. The van der Waals surface area contributed by atoms with Crippen LogP contribution in [0.3, 0.4) is 0 Å². The third-order valence-corrected chi connectivity index (χ3v) is 5.02. The number of para-hydroxylation sites is 2. The van der Waals surface area contributed by atoms with Crippen LogP contribution in [0.15, 0.2) is 53.7 Å². The topological polar surface area (TPSA) is 44.8 Å². The van der Waals surface area contributed by atoms with E-state index in [-0.39, 0.29) is 16.6 Å². The van der Waals surface area contributed by atoms with Crippen molar-refractivity contribution in [2.75, 3.05) is 26.1 Å². The maximum Gasteiger partial charge on any atom is 0.253 e. The van der Waals surface area contributed by atoms with E-state index in [9.17, 15) is 13.6 Å². The lowest BCUT2D eigenvalue weighted by molar-refractivity contribution is -0.125. The van der Waals surface area contributed by atoms with Gasteiger partial charge in [0.05, 0.1) is 24.4 Å². The van der Waals surface area contributed by atoms with Gasteiger partial charge in [-0.25, -0.2) is 8.78 Å². The van der Waals surface area contributed by atoms with E-state index in [1.165, 1.54) is 11.0 Å². The molecule has 2 aromatic carbocycles. The van der Waals surface area contributed by atoms with E-state index in [1.807, 2.05) is 18.2 Å². The number of amides is 1. The van der Waals surface area contributed by atoms with Gasteiger partial charge in [0.2, 0.25) is 0 Å². The molecule has 1 atom stereocenters. The first-order chi connectivity index (χ1) is 13.8. The number of halogens is 2. The van der Waals surface area contributed by atoms with E-state index in [4.69, 9.17) is 17.0 Å². The van der Waals surface area contributed by atoms with Crippen LogP contribution in [0.5, 0.6) is 5.75 Å². The summed E-state index contributed by atoms with van der Waals surface area (Å²) in [6.45, 7) is 1.74. The number of carbonyl (C=O) groups is 1. The lowest BCUT2D eigenvalue weighted by Crippen LogP contribution is -2.49.